The highest BCUT2D eigenvalue weighted by atomic mass is 16.3. The highest BCUT2D eigenvalue weighted by Gasteiger charge is 1.99. The van der Waals surface area contributed by atoms with E-state index in [1.54, 1.807) is 0 Å². The molecule has 0 aromatic heterocycles. The van der Waals surface area contributed by atoms with Gasteiger partial charge in [0.2, 0.25) is 5.91 Å². The van der Waals surface area contributed by atoms with E-state index in [-0.39, 0.29) is 18.4 Å². The number of Topliss-reactive ketones (excluding diaryl/α,β-unsaturated/α-hetero) is 1. The second-order valence-corrected chi connectivity index (χ2v) is 2.31. The fourth-order valence-electron chi connectivity index (χ4n) is 0.674. The molecule has 0 aromatic carbocycles. The minimum atomic E-state index is -0.334. The van der Waals surface area contributed by atoms with Gasteiger partial charge in [-0.15, -0.1) is 0 Å². The van der Waals surface area contributed by atoms with Crippen LogP contribution in [0, 0.1) is 0 Å². The van der Waals surface area contributed by atoms with Crippen molar-refractivity contribution in [3.05, 3.63) is 0 Å². The van der Waals surface area contributed by atoms with Gasteiger partial charge in [-0.25, -0.2) is 0 Å². The van der Waals surface area contributed by atoms with Crippen LogP contribution in [-0.2, 0) is 9.59 Å². The third-order valence-electron chi connectivity index (χ3n) is 1.21. The predicted molar refractivity (Wildman–Crippen MR) is 39.8 cm³/mol. The summed E-state index contributed by atoms with van der Waals surface area (Å²) in [6.07, 6.45) is 1.29. The molecular formula is C7H13NO3. The summed E-state index contributed by atoms with van der Waals surface area (Å²) in [5, 5.41) is 10.5. The number of aliphatic hydroxyl groups excluding tert-OH is 1. The minimum Gasteiger partial charge on any atom is -0.377 e. The van der Waals surface area contributed by atoms with Crippen LogP contribution in [0.5, 0.6) is 0 Å². The van der Waals surface area contributed by atoms with Crippen LogP contribution in [0.15, 0.2) is 0 Å². The standard InChI is InChI=1S/C7H13NO3/c1-6(10)3-2-4-7(11)8-5-9/h9H,2-5H2,1H3,(H,8,11). The lowest BCUT2D eigenvalue weighted by Crippen LogP contribution is -2.23. The molecule has 0 bridgehead atoms. The van der Waals surface area contributed by atoms with Gasteiger partial charge in [-0.05, 0) is 13.3 Å². The number of amides is 1. The van der Waals surface area contributed by atoms with E-state index in [9.17, 15) is 9.59 Å². The Morgan fingerprint density at radius 1 is 1.36 bits per heavy atom. The molecular weight excluding hydrogens is 146 g/mol. The van der Waals surface area contributed by atoms with Crippen LogP contribution in [0.3, 0.4) is 0 Å². The van der Waals surface area contributed by atoms with E-state index < -0.39 is 0 Å². The minimum absolute atomic E-state index is 0.0850. The first kappa shape index (κ1) is 10.1. The fraction of sp³-hybridized carbons (Fsp3) is 0.714. The van der Waals surface area contributed by atoms with Crippen LogP contribution in [-0.4, -0.2) is 23.5 Å². The summed E-state index contributed by atoms with van der Waals surface area (Å²) in [6.45, 7) is 1.16. The van der Waals surface area contributed by atoms with E-state index >= 15 is 0 Å². The zero-order chi connectivity index (χ0) is 8.69. The summed E-state index contributed by atoms with van der Waals surface area (Å²) in [5.41, 5.74) is 0. The number of nitrogens with one attached hydrogen (secondary N) is 1. The smallest absolute Gasteiger partial charge is 0.221 e. The van der Waals surface area contributed by atoms with Gasteiger partial charge in [0.05, 0.1) is 0 Å². The van der Waals surface area contributed by atoms with Crippen molar-refractivity contribution in [1.29, 1.82) is 0 Å². The van der Waals surface area contributed by atoms with Crippen molar-refractivity contribution in [2.45, 2.75) is 26.2 Å². The quantitative estimate of drug-likeness (QED) is 0.546. The Hall–Kier alpha value is -0.900. The zero-order valence-electron chi connectivity index (χ0n) is 6.59. The van der Waals surface area contributed by atoms with Gasteiger partial charge in [0.1, 0.15) is 12.5 Å². The summed E-state index contributed by atoms with van der Waals surface area (Å²) in [5.74, 6) is -0.129. The summed E-state index contributed by atoms with van der Waals surface area (Å²) in [4.78, 5) is 21.0. The molecule has 0 fully saturated rings. The van der Waals surface area contributed by atoms with Gasteiger partial charge in [-0.3, -0.25) is 4.79 Å². The molecule has 0 aliphatic heterocycles. The molecule has 0 rings (SSSR count). The van der Waals surface area contributed by atoms with Crippen molar-refractivity contribution >= 4 is 11.7 Å². The maximum atomic E-state index is 10.6. The lowest BCUT2D eigenvalue weighted by molar-refractivity contribution is -0.122. The van der Waals surface area contributed by atoms with E-state index in [1.807, 2.05) is 0 Å². The molecule has 0 aromatic rings. The number of hydrogen-bond donors (Lipinski definition) is 2. The lowest BCUT2D eigenvalue weighted by Gasteiger charge is -1.98. The van der Waals surface area contributed by atoms with Crippen molar-refractivity contribution in [1.82, 2.24) is 5.32 Å². The van der Waals surface area contributed by atoms with E-state index in [1.165, 1.54) is 6.92 Å². The van der Waals surface area contributed by atoms with Gasteiger partial charge in [0, 0.05) is 12.8 Å². The van der Waals surface area contributed by atoms with Crippen LogP contribution in [0.1, 0.15) is 26.2 Å². The number of hydrogen-bond acceptors (Lipinski definition) is 3. The normalized spacial score (nSPS) is 9.27. The first-order chi connectivity index (χ1) is 5.16. The van der Waals surface area contributed by atoms with Crippen LogP contribution in [0.25, 0.3) is 0 Å². The van der Waals surface area contributed by atoms with E-state index in [0.717, 1.165) is 0 Å². The van der Waals surface area contributed by atoms with Crippen molar-refractivity contribution in [2.75, 3.05) is 6.73 Å². The molecule has 2 N–H and O–H groups in total. The predicted octanol–water partition coefficient (Wildman–Crippen LogP) is -0.188. The van der Waals surface area contributed by atoms with E-state index in [0.29, 0.717) is 19.3 Å². The SMILES string of the molecule is CC(=O)CCCC(=O)NCO. The number of carbonyl (C=O) groups excluding carboxylic acids is 2. The molecule has 11 heavy (non-hydrogen) atoms. The second kappa shape index (κ2) is 5.85. The average Bonchev–Trinajstić information content (AvgIpc) is 1.87. The van der Waals surface area contributed by atoms with Crippen molar-refractivity contribution in [3.8, 4) is 0 Å². The first-order valence-electron chi connectivity index (χ1n) is 3.54. The Morgan fingerprint density at radius 2 is 2.00 bits per heavy atom. The largest absolute Gasteiger partial charge is 0.377 e. The highest BCUT2D eigenvalue weighted by molar-refractivity contribution is 5.78. The monoisotopic (exact) mass is 159 g/mol. The summed E-state index contributed by atoms with van der Waals surface area (Å²) >= 11 is 0. The fourth-order valence-corrected chi connectivity index (χ4v) is 0.674. The molecule has 4 heteroatoms. The van der Waals surface area contributed by atoms with Gasteiger partial charge < -0.3 is 15.2 Å². The Labute approximate surface area is 65.6 Å². The number of rotatable bonds is 5. The van der Waals surface area contributed by atoms with Gasteiger partial charge in [-0.2, -0.15) is 0 Å². The van der Waals surface area contributed by atoms with Gasteiger partial charge in [0.15, 0.2) is 0 Å². The molecule has 0 saturated heterocycles. The van der Waals surface area contributed by atoms with Crippen LogP contribution in [0.4, 0.5) is 0 Å². The maximum Gasteiger partial charge on any atom is 0.221 e. The Morgan fingerprint density at radius 3 is 2.45 bits per heavy atom. The highest BCUT2D eigenvalue weighted by Crippen LogP contribution is 1.95. The molecule has 0 atom stereocenters. The van der Waals surface area contributed by atoms with Crippen LogP contribution in [0.2, 0.25) is 0 Å². The van der Waals surface area contributed by atoms with Gasteiger partial charge in [0.25, 0.3) is 0 Å². The molecule has 4 nitrogen and oxygen atoms in total. The maximum absolute atomic E-state index is 10.6. The van der Waals surface area contributed by atoms with Crippen molar-refractivity contribution < 1.29 is 14.7 Å². The molecule has 0 unspecified atom stereocenters. The van der Waals surface area contributed by atoms with Crippen LogP contribution < -0.4 is 5.32 Å². The molecule has 0 aliphatic rings. The zero-order valence-corrected chi connectivity index (χ0v) is 6.59. The molecule has 0 spiro atoms. The Bertz CT molecular complexity index is 145. The van der Waals surface area contributed by atoms with E-state index in [4.69, 9.17) is 5.11 Å². The molecule has 0 aliphatic carbocycles. The third kappa shape index (κ3) is 6.99. The molecule has 0 heterocycles. The molecule has 0 radical (unpaired) electrons. The Balaban J connectivity index is 3.24. The van der Waals surface area contributed by atoms with Gasteiger partial charge in [-0.1, -0.05) is 0 Å². The summed E-state index contributed by atoms with van der Waals surface area (Å²) in [6, 6.07) is 0. The lowest BCUT2D eigenvalue weighted by atomic mass is 10.2. The molecule has 0 saturated carbocycles. The number of ketones is 1. The van der Waals surface area contributed by atoms with E-state index in [2.05, 4.69) is 5.32 Å². The Kier molecular flexibility index (Phi) is 5.37. The average molecular weight is 159 g/mol. The number of carbonyl (C=O) groups is 2. The van der Waals surface area contributed by atoms with Crippen molar-refractivity contribution in [2.24, 2.45) is 0 Å². The summed E-state index contributed by atoms with van der Waals surface area (Å²) in [7, 11) is 0. The van der Waals surface area contributed by atoms with Gasteiger partial charge >= 0.3 is 0 Å². The third-order valence-corrected chi connectivity index (χ3v) is 1.21. The molecule has 64 valence electrons. The van der Waals surface area contributed by atoms with Crippen molar-refractivity contribution in [3.63, 3.8) is 0 Å². The van der Waals surface area contributed by atoms with Crippen LogP contribution >= 0.6 is 0 Å². The molecule has 1 amide bonds. The first-order valence-corrected chi connectivity index (χ1v) is 3.54. The second-order valence-electron chi connectivity index (χ2n) is 2.31. The topological polar surface area (TPSA) is 66.4 Å². The summed E-state index contributed by atoms with van der Waals surface area (Å²) < 4.78 is 0. The number of aliphatic hydroxyl groups is 1.